The third-order valence-corrected chi connectivity index (χ3v) is 5.76. The Balaban J connectivity index is 1.47. The number of benzene rings is 1. The molecule has 0 aromatic heterocycles. The maximum atomic E-state index is 12.4. The molecule has 0 saturated carbocycles. The highest BCUT2D eigenvalue weighted by Gasteiger charge is 2.30. The van der Waals surface area contributed by atoms with Crippen molar-refractivity contribution in [3.05, 3.63) is 35.4 Å². The van der Waals surface area contributed by atoms with Gasteiger partial charge in [0.2, 0.25) is 11.8 Å². The number of likely N-dealkylation sites (tertiary alicyclic amines) is 1. The van der Waals surface area contributed by atoms with Gasteiger partial charge < -0.3 is 5.32 Å². The predicted molar refractivity (Wildman–Crippen MR) is 103 cm³/mol. The highest BCUT2D eigenvalue weighted by atomic mass is 16.2. The summed E-state index contributed by atoms with van der Waals surface area (Å²) in [5.41, 5.74) is 1.57. The molecule has 27 heavy (non-hydrogen) atoms. The van der Waals surface area contributed by atoms with Gasteiger partial charge in [0.05, 0.1) is 5.92 Å². The van der Waals surface area contributed by atoms with Crippen molar-refractivity contribution in [2.45, 2.75) is 45.6 Å². The normalized spacial score (nSPS) is 22.5. The lowest BCUT2D eigenvalue weighted by molar-refractivity contribution is -0.125. The summed E-state index contributed by atoms with van der Waals surface area (Å²) >= 11 is 0. The van der Waals surface area contributed by atoms with Gasteiger partial charge in [-0.3, -0.25) is 24.6 Å². The Bertz CT molecular complexity index is 693. The van der Waals surface area contributed by atoms with Gasteiger partial charge in [0.15, 0.2) is 0 Å². The first kappa shape index (κ1) is 19.5. The lowest BCUT2D eigenvalue weighted by Gasteiger charge is -2.35. The fourth-order valence-electron chi connectivity index (χ4n) is 3.79. The number of nitrogens with zero attached hydrogens (tertiary/aromatic N) is 1. The molecule has 2 aliphatic heterocycles. The molecular weight excluding hydrogens is 342 g/mol. The standard InChI is InChI=1S/C21H29N3O3/c1-14-7-9-24(10-8-14)15(2)13-22-20(26)17-5-3-16(4-6-17)11-18-12-19(25)23-21(18)27/h3-6,14-15,18H,7-13H2,1-2H3,(H,22,26)(H,23,25,27). The topological polar surface area (TPSA) is 78.5 Å². The fraction of sp³-hybridized carbons (Fsp3) is 0.571. The van der Waals surface area contributed by atoms with Crippen LogP contribution in [0.1, 0.15) is 49.0 Å². The smallest absolute Gasteiger partial charge is 0.251 e. The molecule has 1 aromatic carbocycles. The van der Waals surface area contributed by atoms with E-state index in [4.69, 9.17) is 0 Å². The monoisotopic (exact) mass is 371 g/mol. The number of piperidine rings is 1. The Hall–Kier alpha value is -2.21. The van der Waals surface area contributed by atoms with E-state index in [0.717, 1.165) is 24.6 Å². The number of rotatable bonds is 6. The SMILES string of the molecule is CC1CCN(C(C)CNC(=O)c2ccc(CC3CC(=O)NC3=O)cc2)CC1. The van der Waals surface area contributed by atoms with Crippen LogP contribution in [0.25, 0.3) is 0 Å². The summed E-state index contributed by atoms with van der Waals surface area (Å²) < 4.78 is 0. The molecule has 2 atom stereocenters. The first-order chi connectivity index (χ1) is 12.9. The summed E-state index contributed by atoms with van der Waals surface area (Å²) in [6.07, 6.45) is 3.22. The Kier molecular flexibility index (Phi) is 6.26. The molecule has 0 radical (unpaired) electrons. The molecule has 3 amide bonds. The van der Waals surface area contributed by atoms with Crippen LogP contribution in [0.4, 0.5) is 0 Å². The second-order valence-electron chi connectivity index (χ2n) is 7.99. The van der Waals surface area contributed by atoms with Gasteiger partial charge in [-0.15, -0.1) is 0 Å². The number of amides is 3. The summed E-state index contributed by atoms with van der Waals surface area (Å²) in [6.45, 7) is 7.30. The summed E-state index contributed by atoms with van der Waals surface area (Å²) in [6, 6.07) is 7.62. The van der Waals surface area contributed by atoms with E-state index in [1.54, 1.807) is 12.1 Å². The highest BCUT2D eigenvalue weighted by molar-refractivity contribution is 6.03. The molecule has 2 heterocycles. The van der Waals surface area contributed by atoms with Crippen LogP contribution in [0.5, 0.6) is 0 Å². The van der Waals surface area contributed by atoms with Crippen molar-refractivity contribution < 1.29 is 14.4 Å². The van der Waals surface area contributed by atoms with Crippen molar-refractivity contribution in [3.8, 4) is 0 Å². The Labute approximate surface area is 160 Å². The molecule has 2 saturated heterocycles. The van der Waals surface area contributed by atoms with Gasteiger partial charge in [0.25, 0.3) is 5.91 Å². The first-order valence-electron chi connectivity index (χ1n) is 9.87. The molecule has 6 heteroatoms. The van der Waals surface area contributed by atoms with E-state index in [9.17, 15) is 14.4 Å². The van der Waals surface area contributed by atoms with Crippen molar-refractivity contribution in [1.82, 2.24) is 15.5 Å². The Morgan fingerprint density at radius 1 is 1.22 bits per heavy atom. The van der Waals surface area contributed by atoms with E-state index in [0.29, 0.717) is 24.6 Å². The highest BCUT2D eigenvalue weighted by Crippen LogP contribution is 2.19. The molecule has 146 valence electrons. The minimum atomic E-state index is -0.301. The second-order valence-corrected chi connectivity index (χ2v) is 7.99. The van der Waals surface area contributed by atoms with Crippen molar-refractivity contribution >= 4 is 17.7 Å². The second kappa shape index (κ2) is 8.65. The van der Waals surface area contributed by atoms with Gasteiger partial charge in [-0.1, -0.05) is 19.1 Å². The van der Waals surface area contributed by atoms with E-state index in [2.05, 4.69) is 29.4 Å². The van der Waals surface area contributed by atoms with Gasteiger partial charge in [-0.2, -0.15) is 0 Å². The molecule has 3 rings (SSSR count). The quantitative estimate of drug-likeness (QED) is 0.747. The average Bonchev–Trinajstić information content (AvgIpc) is 2.97. The first-order valence-corrected chi connectivity index (χ1v) is 9.87. The zero-order valence-corrected chi connectivity index (χ0v) is 16.2. The van der Waals surface area contributed by atoms with Crippen LogP contribution < -0.4 is 10.6 Å². The Morgan fingerprint density at radius 2 is 1.89 bits per heavy atom. The zero-order chi connectivity index (χ0) is 19.4. The van der Waals surface area contributed by atoms with Crippen LogP contribution in [0, 0.1) is 11.8 Å². The van der Waals surface area contributed by atoms with Gasteiger partial charge in [0.1, 0.15) is 0 Å². The van der Waals surface area contributed by atoms with E-state index in [1.165, 1.54) is 12.8 Å². The summed E-state index contributed by atoms with van der Waals surface area (Å²) in [7, 11) is 0. The largest absolute Gasteiger partial charge is 0.350 e. The van der Waals surface area contributed by atoms with Gasteiger partial charge in [-0.05, 0) is 62.9 Å². The predicted octanol–water partition coefficient (Wildman–Crippen LogP) is 1.74. The summed E-state index contributed by atoms with van der Waals surface area (Å²) in [5.74, 6) is 0.00836. The van der Waals surface area contributed by atoms with E-state index >= 15 is 0 Å². The van der Waals surface area contributed by atoms with E-state index < -0.39 is 0 Å². The van der Waals surface area contributed by atoms with Crippen LogP contribution in [-0.2, 0) is 16.0 Å². The summed E-state index contributed by atoms with van der Waals surface area (Å²) in [5, 5.41) is 5.35. The van der Waals surface area contributed by atoms with E-state index in [1.807, 2.05) is 12.1 Å². The fourth-order valence-corrected chi connectivity index (χ4v) is 3.79. The molecule has 2 fully saturated rings. The van der Waals surface area contributed by atoms with Crippen LogP contribution >= 0.6 is 0 Å². The number of hydrogen-bond acceptors (Lipinski definition) is 4. The molecule has 2 aliphatic rings. The van der Waals surface area contributed by atoms with Crippen molar-refractivity contribution in [3.63, 3.8) is 0 Å². The molecular formula is C21H29N3O3. The third kappa shape index (κ3) is 5.16. The molecule has 2 N–H and O–H groups in total. The minimum Gasteiger partial charge on any atom is -0.350 e. The third-order valence-electron chi connectivity index (χ3n) is 5.76. The van der Waals surface area contributed by atoms with Crippen molar-refractivity contribution in [2.75, 3.05) is 19.6 Å². The summed E-state index contributed by atoms with van der Waals surface area (Å²) in [4.78, 5) is 37.8. The lowest BCUT2D eigenvalue weighted by Crippen LogP contribution is -2.45. The van der Waals surface area contributed by atoms with Gasteiger partial charge in [-0.25, -0.2) is 0 Å². The van der Waals surface area contributed by atoms with Crippen molar-refractivity contribution in [2.24, 2.45) is 11.8 Å². The minimum absolute atomic E-state index is 0.0763. The molecule has 0 bridgehead atoms. The molecule has 0 aliphatic carbocycles. The lowest BCUT2D eigenvalue weighted by atomic mass is 9.97. The number of nitrogens with one attached hydrogen (secondary N) is 2. The maximum Gasteiger partial charge on any atom is 0.251 e. The van der Waals surface area contributed by atoms with Gasteiger partial charge >= 0.3 is 0 Å². The number of carbonyl (C=O) groups excluding carboxylic acids is 3. The number of carbonyl (C=O) groups is 3. The van der Waals surface area contributed by atoms with Crippen LogP contribution in [0.3, 0.4) is 0 Å². The zero-order valence-electron chi connectivity index (χ0n) is 16.2. The van der Waals surface area contributed by atoms with Crippen LogP contribution in [0.15, 0.2) is 24.3 Å². The average molecular weight is 371 g/mol. The van der Waals surface area contributed by atoms with E-state index in [-0.39, 0.29) is 30.1 Å². The number of hydrogen-bond donors (Lipinski definition) is 2. The molecule has 2 unspecified atom stereocenters. The molecule has 6 nitrogen and oxygen atoms in total. The number of imide groups is 1. The molecule has 1 aromatic rings. The van der Waals surface area contributed by atoms with Crippen molar-refractivity contribution in [1.29, 1.82) is 0 Å². The van der Waals surface area contributed by atoms with Crippen LogP contribution in [-0.4, -0.2) is 48.3 Å². The Morgan fingerprint density at radius 3 is 2.48 bits per heavy atom. The van der Waals surface area contributed by atoms with Crippen LogP contribution in [0.2, 0.25) is 0 Å². The molecule has 0 spiro atoms. The maximum absolute atomic E-state index is 12.4. The van der Waals surface area contributed by atoms with Gasteiger partial charge in [0, 0.05) is 24.6 Å².